The van der Waals surface area contributed by atoms with E-state index in [2.05, 4.69) is 11.8 Å². The van der Waals surface area contributed by atoms with Crippen LogP contribution in [0.5, 0.6) is 0 Å². The van der Waals surface area contributed by atoms with Gasteiger partial charge in [0.05, 0.1) is 0 Å². The number of rotatable bonds is 4. The number of alkyl halides is 3. The highest BCUT2D eigenvalue weighted by atomic mass is 19.4. The zero-order valence-electron chi connectivity index (χ0n) is 7.88. The summed E-state index contributed by atoms with van der Waals surface area (Å²) in [6, 6.07) is 0. The third kappa shape index (κ3) is 11.3. The normalized spacial score (nSPS) is 10.8. The van der Waals surface area contributed by atoms with Gasteiger partial charge in [0, 0.05) is 19.3 Å². The maximum atomic E-state index is 11.6. The van der Waals surface area contributed by atoms with Gasteiger partial charge in [-0.15, -0.1) is 11.8 Å². The Kier molecular flexibility index (Phi) is 6.48. The van der Waals surface area contributed by atoms with Gasteiger partial charge in [0.25, 0.3) is 0 Å². The third-order valence-electron chi connectivity index (χ3n) is 1.51. The molecule has 0 radical (unpaired) electrons. The van der Waals surface area contributed by atoms with Crippen molar-refractivity contribution in [1.29, 1.82) is 0 Å². The Morgan fingerprint density at radius 1 is 1.00 bits per heavy atom. The lowest BCUT2D eigenvalue weighted by molar-refractivity contribution is -0.135. The maximum absolute atomic E-state index is 11.6. The number of hydrogen-bond acceptors (Lipinski definition) is 0. The number of unbranched alkanes of at least 4 members (excludes halogenated alkanes) is 3. The van der Waals surface area contributed by atoms with E-state index in [4.69, 9.17) is 0 Å². The lowest BCUT2D eigenvalue weighted by Gasteiger charge is -2.03. The molecule has 0 aliphatic carbocycles. The van der Waals surface area contributed by atoms with E-state index in [1.165, 1.54) is 0 Å². The summed E-state index contributed by atoms with van der Waals surface area (Å²) in [5, 5.41) is 0. The molecule has 0 nitrogen and oxygen atoms in total. The zero-order chi connectivity index (χ0) is 10.2. The standard InChI is InChI=1S/C10H15F3/c1-2-3-4-5-6-7-8-9-10(11,12)13/h2-3,6-9H2,1H3. The molecule has 0 atom stereocenters. The molecule has 0 amide bonds. The average molecular weight is 192 g/mol. The van der Waals surface area contributed by atoms with Crippen molar-refractivity contribution in [2.24, 2.45) is 0 Å². The summed E-state index contributed by atoms with van der Waals surface area (Å²) in [6.07, 6.45) is -1.48. The predicted octanol–water partition coefficient (Wildman–Crippen LogP) is 3.91. The minimum Gasteiger partial charge on any atom is -0.171 e. The van der Waals surface area contributed by atoms with E-state index in [1.54, 1.807) is 0 Å². The monoisotopic (exact) mass is 192 g/mol. The van der Waals surface area contributed by atoms with Crippen molar-refractivity contribution in [3.05, 3.63) is 0 Å². The Labute approximate surface area is 77.5 Å². The molecular formula is C10H15F3. The predicted molar refractivity (Wildman–Crippen MR) is 47.2 cm³/mol. The lowest BCUT2D eigenvalue weighted by Crippen LogP contribution is -2.05. The van der Waals surface area contributed by atoms with Crippen molar-refractivity contribution >= 4 is 0 Å². The molecular weight excluding hydrogens is 177 g/mol. The fraction of sp³-hybridized carbons (Fsp3) is 0.800. The van der Waals surface area contributed by atoms with Crippen LogP contribution in [0.2, 0.25) is 0 Å². The SMILES string of the molecule is CCCC#CCCCCC(F)(F)F. The summed E-state index contributed by atoms with van der Waals surface area (Å²) in [7, 11) is 0. The molecule has 0 heterocycles. The molecule has 0 aromatic carbocycles. The van der Waals surface area contributed by atoms with Gasteiger partial charge in [-0.3, -0.25) is 0 Å². The summed E-state index contributed by atoms with van der Waals surface area (Å²) in [4.78, 5) is 0. The topological polar surface area (TPSA) is 0 Å². The molecule has 0 bridgehead atoms. The summed E-state index contributed by atoms with van der Waals surface area (Å²) < 4.78 is 34.9. The molecule has 0 fully saturated rings. The Hall–Kier alpha value is -0.650. The maximum Gasteiger partial charge on any atom is 0.389 e. The highest BCUT2D eigenvalue weighted by Gasteiger charge is 2.25. The van der Waals surface area contributed by atoms with Crippen LogP contribution in [0.4, 0.5) is 13.2 Å². The van der Waals surface area contributed by atoms with E-state index in [1.807, 2.05) is 6.92 Å². The van der Waals surface area contributed by atoms with Crippen molar-refractivity contribution in [2.45, 2.75) is 51.6 Å². The molecule has 0 unspecified atom stereocenters. The number of hydrogen-bond donors (Lipinski definition) is 0. The van der Waals surface area contributed by atoms with E-state index < -0.39 is 12.6 Å². The van der Waals surface area contributed by atoms with E-state index in [0.29, 0.717) is 12.8 Å². The van der Waals surface area contributed by atoms with Crippen LogP contribution in [0.1, 0.15) is 45.4 Å². The van der Waals surface area contributed by atoms with E-state index in [-0.39, 0.29) is 6.42 Å². The third-order valence-corrected chi connectivity index (χ3v) is 1.51. The second-order valence-corrected chi connectivity index (χ2v) is 2.93. The second kappa shape index (κ2) is 6.82. The van der Waals surface area contributed by atoms with Gasteiger partial charge in [0.1, 0.15) is 0 Å². The first-order valence-corrected chi connectivity index (χ1v) is 4.58. The minimum atomic E-state index is -4.00. The fourth-order valence-corrected chi connectivity index (χ4v) is 0.841. The van der Waals surface area contributed by atoms with Crippen molar-refractivity contribution in [2.75, 3.05) is 0 Å². The summed E-state index contributed by atoms with van der Waals surface area (Å²) >= 11 is 0. The van der Waals surface area contributed by atoms with Crippen LogP contribution in [-0.2, 0) is 0 Å². The van der Waals surface area contributed by atoms with Crippen LogP contribution >= 0.6 is 0 Å². The quantitative estimate of drug-likeness (QED) is 0.468. The molecule has 0 N–H and O–H groups in total. The first-order chi connectivity index (χ1) is 6.06. The van der Waals surface area contributed by atoms with Crippen LogP contribution in [0.15, 0.2) is 0 Å². The molecule has 0 saturated heterocycles. The van der Waals surface area contributed by atoms with Crippen molar-refractivity contribution in [3.8, 4) is 11.8 Å². The van der Waals surface area contributed by atoms with E-state index in [0.717, 1.165) is 12.8 Å². The van der Waals surface area contributed by atoms with E-state index in [9.17, 15) is 13.2 Å². The molecule has 3 heteroatoms. The molecule has 0 aliphatic heterocycles. The van der Waals surface area contributed by atoms with Gasteiger partial charge in [-0.05, 0) is 19.3 Å². The summed E-state index contributed by atoms with van der Waals surface area (Å²) in [5.41, 5.74) is 0. The van der Waals surface area contributed by atoms with Crippen LogP contribution in [-0.4, -0.2) is 6.18 Å². The number of halogens is 3. The Morgan fingerprint density at radius 2 is 1.62 bits per heavy atom. The Bertz CT molecular complexity index is 171. The summed E-state index contributed by atoms with van der Waals surface area (Å²) in [5.74, 6) is 5.76. The smallest absolute Gasteiger partial charge is 0.171 e. The van der Waals surface area contributed by atoms with Crippen LogP contribution in [0.3, 0.4) is 0 Å². The molecule has 0 aromatic rings. The minimum absolute atomic E-state index is 0.199. The van der Waals surface area contributed by atoms with Gasteiger partial charge in [-0.25, -0.2) is 0 Å². The highest BCUT2D eigenvalue weighted by molar-refractivity contribution is 4.98. The highest BCUT2D eigenvalue weighted by Crippen LogP contribution is 2.22. The van der Waals surface area contributed by atoms with Crippen molar-refractivity contribution in [3.63, 3.8) is 0 Å². The molecule has 0 spiro atoms. The Morgan fingerprint density at radius 3 is 2.15 bits per heavy atom. The molecule has 76 valence electrons. The van der Waals surface area contributed by atoms with Crippen LogP contribution < -0.4 is 0 Å². The van der Waals surface area contributed by atoms with Crippen LogP contribution in [0.25, 0.3) is 0 Å². The van der Waals surface area contributed by atoms with Gasteiger partial charge in [0.2, 0.25) is 0 Å². The molecule has 13 heavy (non-hydrogen) atoms. The van der Waals surface area contributed by atoms with Gasteiger partial charge in [-0.2, -0.15) is 13.2 Å². The van der Waals surface area contributed by atoms with E-state index >= 15 is 0 Å². The fourth-order valence-electron chi connectivity index (χ4n) is 0.841. The largest absolute Gasteiger partial charge is 0.389 e. The summed E-state index contributed by atoms with van der Waals surface area (Å²) in [6.45, 7) is 2.03. The second-order valence-electron chi connectivity index (χ2n) is 2.93. The van der Waals surface area contributed by atoms with Crippen molar-refractivity contribution < 1.29 is 13.2 Å². The molecule has 0 saturated carbocycles. The van der Waals surface area contributed by atoms with Gasteiger partial charge < -0.3 is 0 Å². The molecule has 0 aromatic heterocycles. The van der Waals surface area contributed by atoms with Gasteiger partial charge in [-0.1, -0.05) is 6.92 Å². The Balaban J connectivity index is 3.23. The molecule has 0 rings (SSSR count). The average Bonchev–Trinajstić information content (AvgIpc) is 2.01. The van der Waals surface area contributed by atoms with Gasteiger partial charge >= 0.3 is 6.18 Å². The van der Waals surface area contributed by atoms with Crippen molar-refractivity contribution in [1.82, 2.24) is 0 Å². The lowest BCUT2D eigenvalue weighted by atomic mass is 10.2. The molecule has 0 aliphatic rings. The first kappa shape index (κ1) is 12.3. The van der Waals surface area contributed by atoms with Gasteiger partial charge in [0.15, 0.2) is 0 Å². The zero-order valence-corrected chi connectivity index (χ0v) is 7.88. The van der Waals surface area contributed by atoms with Crippen LogP contribution in [0, 0.1) is 11.8 Å². The first-order valence-electron chi connectivity index (χ1n) is 4.58.